The van der Waals surface area contributed by atoms with Gasteiger partial charge in [0.1, 0.15) is 0 Å². The minimum absolute atomic E-state index is 0.0918. The summed E-state index contributed by atoms with van der Waals surface area (Å²) in [7, 11) is 2.72. The molecule has 0 radical (unpaired) electrons. The van der Waals surface area contributed by atoms with E-state index in [0.29, 0.717) is 11.3 Å². The molecule has 0 amide bonds. The molecular weight excluding hydrogens is 236 g/mol. The molecule has 6 nitrogen and oxygen atoms in total. The van der Waals surface area contributed by atoms with E-state index in [1.54, 1.807) is 24.3 Å². The van der Waals surface area contributed by atoms with Gasteiger partial charge in [0, 0.05) is 18.3 Å². The predicted octanol–water partition coefficient (Wildman–Crippen LogP) is 1.29. The highest BCUT2D eigenvalue weighted by molar-refractivity contribution is 6.40. The van der Waals surface area contributed by atoms with Crippen LogP contribution in [0, 0.1) is 0 Å². The largest absolute Gasteiger partial charge is 0.463 e. The zero-order valence-electron chi connectivity index (χ0n) is 10.4. The van der Waals surface area contributed by atoms with E-state index in [1.165, 1.54) is 26.0 Å². The number of amidine groups is 1. The monoisotopic (exact) mass is 250 g/mol. The summed E-state index contributed by atoms with van der Waals surface area (Å²) in [5.74, 6) is -1.13. The number of Topliss-reactive ketones (excluding diaryl/α,β-unsaturated/α-hetero) is 1. The molecule has 1 aromatic carbocycles. The first-order valence-electron chi connectivity index (χ1n) is 5.16. The van der Waals surface area contributed by atoms with Crippen LogP contribution < -0.4 is 4.90 Å². The lowest BCUT2D eigenvalue weighted by atomic mass is 10.1. The highest BCUT2D eigenvalue weighted by atomic mass is 16.5. The van der Waals surface area contributed by atoms with Gasteiger partial charge < -0.3 is 14.8 Å². The van der Waals surface area contributed by atoms with E-state index in [-0.39, 0.29) is 11.6 Å². The van der Waals surface area contributed by atoms with E-state index < -0.39 is 5.97 Å². The van der Waals surface area contributed by atoms with Gasteiger partial charge in [0.15, 0.2) is 5.78 Å². The molecule has 0 aliphatic heterocycles. The SMILES string of the molecule is COC(=O)C(=NO)N(C)c1cccc(C(C)=O)c1. The number of hydrogen-bond donors (Lipinski definition) is 1. The number of oxime groups is 1. The number of nitrogens with zero attached hydrogens (tertiary/aromatic N) is 2. The first-order chi connectivity index (χ1) is 8.51. The maximum atomic E-state index is 11.4. The molecule has 1 rings (SSSR count). The van der Waals surface area contributed by atoms with Crippen LogP contribution in [0.3, 0.4) is 0 Å². The summed E-state index contributed by atoms with van der Waals surface area (Å²) in [6.45, 7) is 1.44. The second kappa shape index (κ2) is 5.81. The molecule has 0 aliphatic rings. The van der Waals surface area contributed by atoms with E-state index in [2.05, 4.69) is 9.89 Å². The molecule has 0 spiro atoms. The standard InChI is InChI=1S/C12H14N2O4/c1-8(15)9-5-4-6-10(7-9)14(2)11(13-17)12(16)18-3/h4-7,17H,1-3H3. The van der Waals surface area contributed by atoms with Crippen LogP contribution in [0.4, 0.5) is 5.69 Å². The molecule has 0 bridgehead atoms. The average Bonchev–Trinajstić information content (AvgIpc) is 2.39. The van der Waals surface area contributed by atoms with Crippen molar-refractivity contribution in [3.8, 4) is 0 Å². The lowest BCUT2D eigenvalue weighted by Gasteiger charge is -2.18. The van der Waals surface area contributed by atoms with Gasteiger partial charge in [-0.3, -0.25) is 4.79 Å². The molecule has 0 aliphatic carbocycles. The maximum absolute atomic E-state index is 11.4. The van der Waals surface area contributed by atoms with E-state index in [4.69, 9.17) is 5.21 Å². The number of carbonyl (C=O) groups excluding carboxylic acids is 2. The Labute approximate surface area is 104 Å². The first kappa shape index (κ1) is 13.7. The fourth-order valence-electron chi connectivity index (χ4n) is 1.39. The topological polar surface area (TPSA) is 79.2 Å². The molecule has 0 heterocycles. The zero-order chi connectivity index (χ0) is 13.7. The van der Waals surface area contributed by atoms with Crippen molar-refractivity contribution in [2.45, 2.75) is 6.92 Å². The summed E-state index contributed by atoms with van der Waals surface area (Å²) in [5, 5.41) is 11.7. The third-order valence-corrected chi connectivity index (χ3v) is 2.42. The highest BCUT2D eigenvalue weighted by Gasteiger charge is 2.19. The van der Waals surface area contributed by atoms with Crippen molar-refractivity contribution < 1.29 is 19.5 Å². The van der Waals surface area contributed by atoms with Crippen molar-refractivity contribution in [3.63, 3.8) is 0 Å². The fourth-order valence-corrected chi connectivity index (χ4v) is 1.39. The average molecular weight is 250 g/mol. The second-order valence-corrected chi connectivity index (χ2v) is 3.58. The highest BCUT2D eigenvalue weighted by Crippen LogP contribution is 2.16. The van der Waals surface area contributed by atoms with E-state index >= 15 is 0 Å². The molecule has 1 N–H and O–H groups in total. The van der Waals surface area contributed by atoms with E-state index in [9.17, 15) is 9.59 Å². The third-order valence-electron chi connectivity index (χ3n) is 2.42. The Bertz CT molecular complexity index is 497. The van der Waals surface area contributed by atoms with Gasteiger partial charge in [-0.25, -0.2) is 4.79 Å². The van der Waals surface area contributed by atoms with E-state index in [0.717, 1.165) is 0 Å². The Kier molecular flexibility index (Phi) is 4.42. The second-order valence-electron chi connectivity index (χ2n) is 3.58. The Morgan fingerprint density at radius 2 is 2.06 bits per heavy atom. The molecule has 1 aromatic rings. The van der Waals surface area contributed by atoms with Gasteiger partial charge in [0.05, 0.1) is 7.11 Å². The van der Waals surface area contributed by atoms with Gasteiger partial charge in [-0.2, -0.15) is 0 Å². The molecule has 0 fully saturated rings. The van der Waals surface area contributed by atoms with Crippen molar-refractivity contribution in [3.05, 3.63) is 29.8 Å². The van der Waals surface area contributed by atoms with Gasteiger partial charge in [0.25, 0.3) is 5.84 Å². The number of ketones is 1. The normalized spacial score (nSPS) is 10.9. The Morgan fingerprint density at radius 1 is 1.39 bits per heavy atom. The van der Waals surface area contributed by atoms with Crippen molar-refractivity contribution in [2.75, 3.05) is 19.1 Å². The number of esters is 1. The lowest BCUT2D eigenvalue weighted by Crippen LogP contribution is -2.34. The van der Waals surface area contributed by atoms with Crippen LogP contribution in [0.5, 0.6) is 0 Å². The Hall–Kier alpha value is -2.37. The number of anilines is 1. The Balaban J connectivity index is 3.10. The van der Waals surface area contributed by atoms with Crippen LogP contribution in [0.1, 0.15) is 17.3 Å². The molecule has 0 atom stereocenters. The number of hydrogen-bond acceptors (Lipinski definition) is 5. The zero-order valence-corrected chi connectivity index (χ0v) is 10.4. The fraction of sp³-hybridized carbons (Fsp3) is 0.250. The summed E-state index contributed by atoms with van der Waals surface area (Å²) in [6, 6.07) is 6.61. The van der Waals surface area contributed by atoms with Crippen molar-refractivity contribution in [2.24, 2.45) is 5.16 Å². The van der Waals surface area contributed by atoms with E-state index in [1.807, 2.05) is 0 Å². The maximum Gasteiger partial charge on any atom is 0.377 e. The minimum Gasteiger partial charge on any atom is -0.463 e. The third kappa shape index (κ3) is 2.85. The number of rotatable bonds is 2. The summed E-state index contributed by atoms with van der Waals surface area (Å²) in [4.78, 5) is 23.9. The molecule has 0 saturated heterocycles. The lowest BCUT2D eigenvalue weighted by molar-refractivity contribution is -0.132. The number of methoxy groups -OCH3 is 1. The van der Waals surface area contributed by atoms with Gasteiger partial charge >= 0.3 is 5.97 Å². The number of likely N-dealkylation sites (N-methyl/N-ethyl adjacent to an activating group) is 1. The van der Waals surface area contributed by atoms with Crippen molar-refractivity contribution >= 4 is 23.3 Å². The molecule has 96 valence electrons. The minimum atomic E-state index is -0.770. The summed E-state index contributed by atoms with van der Waals surface area (Å²) < 4.78 is 4.49. The summed E-state index contributed by atoms with van der Waals surface area (Å²) in [6.07, 6.45) is 0. The van der Waals surface area contributed by atoms with Crippen LogP contribution in [-0.4, -0.2) is 37.0 Å². The number of carbonyl (C=O) groups is 2. The van der Waals surface area contributed by atoms with Gasteiger partial charge in [0.2, 0.25) is 0 Å². The molecule has 0 unspecified atom stereocenters. The summed E-state index contributed by atoms with van der Waals surface area (Å²) >= 11 is 0. The predicted molar refractivity (Wildman–Crippen MR) is 66.1 cm³/mol. The number of ether oxygens (including phenoxy) is 1. The van der Waals surface area contributed by atoms with Crippen LogP contribution in [-0.2, 0) is 9.53 Å². The molecular formula is C12H14N2O4. The van der Waals surface area contributed by atoms with Gasteiger partial charge in [-0.1, -0.05) is 17.3 Å². The molecule has 0 saturated carbocycles. The van der Waals surface area contributed by atoms with Crippen LogP contribution in [0.2, 0.25) is 0 Å². The van der Waals surface area contributed by atoms with Crippen LogP contribution >= 0.6 is 0 Å². The first-order valence-corrected chi connectivity index (χ1v) is 5.16. The van der Waals surface area contributed by atoms with Crippen LogP contribution in [0.25, 0.3) is 0 Å². The molecule has 0 aromatic heterocycles. The molecule has 18 heavy (non-hydrogen) atoms. The van der Waals surface area contributed by atoms with Crippen molar-refractivity contribution in [1.82, 2.24) is 0 Å². The van der Waals surface area contributed by atoms with Crippen molar-refractivity contribution in [1.29, 1.82) is 0 Å². The molecule has 6 heteroatoms. The van der Waals surface area contributed by atoms with Crippen LogP contribution in [0.15, 0.2) is 29.4 Å². The van der Waals surface area contributed by atoms with Gasteiger partial charge in [-0.05, 0) is 19.1 Å². The Morgan fingerprint density at radius 3 is 2.56 bits per heavy atom. The number of benzene rings is 1. The summed E-state index contributed by atoms with van der Waals surface area (Å²) in [5.41, 5.74) is 1.04. The quantitative estimate of drug-likeness (QED) is 0.214. The van der Waals surface area contributed by atoms with Gasteiger partial charge in [-0.15, -0.1) is 0 Å². The smallest absolute Gasteiger partial charge is 0.377 e.